The fraction of sp³-hybridized carbons (Fsp3) is 0.320. The molecule has 0 spiro atoms. The Bertz CT molecular complexity index is 1250. The molecule has 3 aromatic rings. The van der Waals surface area contributed by atoms with Gasteiger partial charge in [-0.3, -0.25) is 19.8 Å². The Morgan fingerprint density at radius 2 is 1.78 bits per heavy atom. The van der Waals surface area contributed by atoms with Crippen molar-refractivity contribution in [3.05, 3.63) is 70.3 Å². The van der Waals surface area contributed by atoms with Crippen LogP contribution >= 0.6 is 0 Å². The molecule has 2 heterocycles. The molecule has 0 aliphatic carbocycles. The zero-order chi connectivity index (χ0) is 26.6. The number of halogens is 3. The molecule has 0 bridgehead atoms. The largest absolute Gasteiger partial charge is 0.573 e. The molecule has 0 atom stereocenters. The highest BCUT2D eigenvalue weighted by molar-refractivity contribution is 6.02. The van der Waals surface area contributed by atoms with E-state index in [1.807, 2.05) is 0 Å². The van der Waals surface area contributed by atoms with Crippen LogP contribution in [0.5, 0.6) is 5.75 Å². The number of aromatic nitrogens is 1. The minimum absolute atomic E-state index is 0.184. The van der Waals surface area contributed by atoms with Crippen LogP contribution in [0.1, 0.15) is 10.4 Å². The van der Waals surface area contributed by atoms with E-state index in [0.29, 0.717) is 24.3 Å². The molecule has 2 aromatic carbocycles. The number of amides is 1. The number of nitrogens with zero attached hydrogens (tertiary/aromatic N) is 3. The molecule has 0 saturated carbocycles. The van der Waals surface area contributed by atoms with Crippen molar-refractivity contribution in [1.82, 2.24) is 20.1 Å². The average molecular weight is 518 g/mol. The van der Waals surface area contributed by atoms with Gasteiger partial charge in [-0.1, -0.05) is 12.1 Å². The second-order valence-corrected chi connectivity index (χ2v) is 8.72. The number of likely N-dealkylation sites (N-methyl/N-ethyl adjacent to an activating group) is 1. The van der Waals surface area contributed by atoms with Crippen molar-refractivity contribution in [3.8, 4) is 28.3 Å². The summed E-state index contributed by atoms with van der Waals surface area (Å²) in [6, 6.07) is 12.7. The third kappa shape index (κ3) is 6.66. The number of ether oxygens (including phenoxy) is 1. The van der Waals surface area contributed by atoms with Gasteiger partial charge >= 0.3 is 6.36 Å². The van der Waals surface area contributed by atoms with Crippen molar-refractivity contribution >= 4 is 11.6 Å². The normalized spacial score (nSPS) is 14.9. The molecule has 1 aromatic heterocycles. The average Bonchev–Trinajstić information content (AvgIpc) is 3.30. The van der Waals surface area contributed by atoms with Crippen LogP contribution in [0.15, 0.2) is 54.6 Å². The van der Waals surface area contributed by atoms with Crippen LogP contribution in [-0.4, -0.2) is 78.3 Å². The van der Waals surface area contributed by atoms with Gasteiger partial charge in [-0.25, -0.2) is 0 Å². The topological polar surface area (TPSA) is 104 Å². The second kappa shape index (κ2) is 11.0. The molecule has 37 heavy (non-hydrogen) atoms. The maximum absolute atomic E-state index is 13.2. The number of aromatic amines is 1. The summed E-state index contributed by atoms with van der Waals surface area (Å²) >= 11 is 0. The van der Waals surface area contributed by atoms with Crippen LogP contribution in [0.2, 0.25) is 0 Å². The number of benzene rings is 2. The summed E-state index contributed by atoms with van der Waals surface area (Å²) in [4.78, 5) is 31.9. The van der Waals surface area contributed by atoms with Gasteiger partial charge in [0.15, 0.2) is 0 Å². The lowest BCUT2D eigenvalue weighted by atomic mass is 10.1. The SMILES string of the molecule is CN1CCN(CCNC(=O)c2cc(-c3ccc(OC(F)(F)F)cc3)[nH]c2-c2ccccc2[N+](=O)[O-])CC1. The minimum Gasteiger partial charge on any atom is -0.406 e. The summed E-state index contributed by atoms with van der Waals surface area (Å²) in [5.41, 5.74) is 1.37. The van der Waals surface area contributed by atoms with E-state index in [0.717, 1.165) is 38.3 Å². The third-order valence-corrected chi connectivity index (χ3v) is 6.14. The van der Waals surface area contributed by atoms with E-state index in [9.17, 15) is 28.1 Å². The summed E-state index contributed by atoms with van der Waals surface area (Å²) in [7, 11) is 2.06. The molecular formula is C25H26F3N5O4. The smallest absolute Gasteiger partial charge is 0.406 e. The van der Waals surface area contributed by atoms with Gasteiger partial charge in [0.2, 0.25) is 0 Å². The first-order valence-electron chi connectivity index (χ1n) is 11.6. The Kier molecular flexibility index (Phi) is 7.79. The van der Waals surface area contributed by atoms with E-state index in [-0.39, 0.29) is 28.3 Å². The summed E-state index contributed by atoms with van der Waals surface area (Å²) in [6.45, 7) is 4.75. The lowest BCUT2D eigenvalue weighted by molar-refractivity contribution is -0.384. The first-order chi connectivity index (χ1) is 17.6. The summed E-state index contributed by atoms with van der Waals surface area (Å²) in [5, 5.41) is 14.5. The molecule has 196 valence electrons. The fourth-order valence-electron chi connectivity index (χ4n) is 4.18. The van der Waals surface area contributed by atoms with Crippen molar-refractivity contribution in [2.24, 2.45) is 0 Å². The molecule has 2 N–H and O–H groups in total. The maximum atomic E-state index is 13.2. The molecule has 0 unspecified atom stereocenters. The number of carbonyl (C=O) groups is 1. The number of para-hydroxylation sites is 1. The van der Waals surface area contributed by atoms with Crippen molar-refractivity contribution < 1.29 is 27.6 Å². The molecule has 12 heteroatoms. The van der Waals surface area contributed by atoms with Gasteiger partial charge in [0, 0.05) is 51.0 Å². The Labute approximate surface area is 211 Å². The monoisotopic (exact) mass is 517 g/mol. The first kappa shape index (κ1) is 26.2. The number of hydrogen-bond acceptors (Lipinski definition) is 6. The number of nitro benzene ring substituents is 1. The van der Waals surface area contributed by atoms with E-state index in [2.05, 4.69) is 31.9 Å². The van der Waals surface area contributed by atoms with Gasteiger partial charge in [-0.15, -0.1) is 13.2 Å². The molecule has 4 rings (SSSR count). The lowest BCUT2D eigenvalue weighted by Crippen LogP contribution is -2.46. The van der Waals surface area contributed by atoms with E-state index in [1.165, 1.54) is 36.4 Å². The highest BCUT2D eigenvalue weighted by Crippen LogP contribution is 2.35. The molecule has 1 amide bonds. The Hall–Kier alpha value is -3.90. The van der Waals surface area contributed by atoms with Crippen LogP contribution in [0.25, 0.3) is 22.5 Å². The maximum Gasteiger partial charge on any atom is 0.573 e. The summed E-state index contributed by atoms with van der Waals surface area (Å²) in [6.07, 6.45) is -4.82. The number of alkyl halides is 3. The van der Waals surface area contributed by atoms with Crippen LogP contribution in [0.4, 0.5) is 18.9 Å². The van der Waals surface area contributed by atoms with Crippen LogP contribution < -0.4 is 10.1 Å². The zero-order valence-corrected chi connectivity index (χ0v) is 20.0. The van der Waals surface area contributed by atoms with Crippen LogP contribution in [0.3, 0.4) is 0 Å². The van der Waals surface area contributed by atoms with Gasteiger partial charge < -0.3 is 19.9 Å². The quantitative estimate of drug-likeness (QED) is 0.344. The van der Waals surface area contributed by atoms with Gasteiger partial charge in [0.1, 0.15) is 5.75 Å². The number of nitrogens with one attached hydrogen (secondary N) is 2. The Morgan fingerprint density at radius 1 is 1.11 bits per heavy atom. The number of H-pyrrole nitrogens is 1. The van der Waals surface area contributed by atoms with E-state index in [1.54, 1.807) is 6.07 Å². The van der Waals surface area contributed by atoms with Crippen molar-refractivity contribution in [2.75, 3.05) is 46.3 Å². The Balaban J connectivity index is 1.60. The van der Waals surface area contributed by atoms with Crippen LogP contribution in [-0.2, 0) is 0 Å². The van der Waals surface area contributed by atoms with Gasteiger partial charge in [-0.2, -0.15) is 0 Å². The van der Waals surface area contributed by atoms with E-state index < -0.39 is 17.2 Å². The standard InChI is InChI=1S/C25H26F3N5O4/c1-31-12-14-32(15-13-31)11-10-29-24(34)20-16-21(17-6-8-18(9-7-17)37-25(26,27)28)30-23(20)19-4-2-3-5-22(19)33(35)36/h2-9,16,30H,10-15H2,1H3,(H,29,34). The lowest BCUT2D eigenvalue weighted by Gasteiger charge is -2.32. The van der Waals surface area contributed by atoms with Crippen molar-refractivity contribution in [2.45, 2.75) is 6.36 Å². The molecule has 1 aliphatic heterocycles. The molecule has 9 nitrogen and oxygen atoms in total. The van der Waals surface area contributed by atoms with Crippen LogP contribution in [0, 0.1) is 10.1 Å². The summed E-state index contributed by atoms with van der Waals surface area (Å²) < 4.78 is 41.4. The number of piperazine rings is 1. The highest BCUT2D eigenvalue weighted by atomic mass is 19.4. The van der Waals surface area contributed by atoms with E-state index >= 15 is 0 Å². The van der Waals surface area contributed by atoms with Gasteiger partial charge in [-0.05, 0) is 49.0 Å². The number of nitro groups is 1. The first-order valence-corrected chi connectivity index (χ1v) is 11.6. The minimum atomic E-state index is -4.82. The second-order valence-electron chi connectivity index (χ2n) is 8.72. The molecular weight excluding hydrogens is 491 g/mol. The summed E-state index contributed by atoms with van der Waals surface area (Å²) in [5.74, 6) is -0.801. The predicted octanol–water partition coefficient (Wildman–Crippen LogP) is 4.13. The highest BCUT2D eigenvalue weighted by Gasteiger charge is 2.31. The van der Waals surface area contributed by atoms with Crippen molar-refractivity contribution in [1.29, 1.82) is 0 Å². The molecule has 1 saturated heterocycles. The predicted molar refractivity (Wildman–Crippen MR) is 131 cm³/mol. The molecule has 1 fully saturated rings. The van der Waals surface area contributed by atoms with Gasteiger partial charge in [0.25, 0.3) is 11.6 Å². The molecule has 0 radical (unpaired) electrons. The van der Waals surface area contributed by atoms with E-state index in [4.69, 9.17) is 0 Å². The number of rotatable bonds is 8. The number of carbonyl (C=O) groups excluding carboxylic acids is 1. The fourth-order valence-corrected chi connectivity index (χ4v) is 4.18. The number of hydrogen-bond donors (Lipinski definition) is 2. The molecule has 1 aliphatic rings. The third-order valence-electron chi connectivity index (χ3n) is 6.14. The zero-order valence-electron chi connectivity index (χ0n) is 20.0. The Morgan fingerprint density at radius 3 is 2.43 bits per heavy atom. The van der Waals surface area contributed by atoms with Gasteiger partial charge in [0.05, 0.1) is 21.7 Å². The van der Waals surface area contributed by atoms with Crippen molar-refractivity contribution in [3.63, 3.8) is 0 Å².